The highest BCUT2D eigenvalue weighted by Gasteiger charge is 2.22. The van der Waals surface area contributed by atoms with Gasteiger partial charge >= 0.3 is 0 Å². The number of nitro benzene ring substituents is 1. The van der Waals surface area contributed by atoms with Crippen molar-refractivity contribution in [2.45, 2.75) is 6.42 Å². The van der Waals surface area contributed by atoms with E-state index in [2.05, 4.69) is 10.00 Å². The average molecular weight is 409 g/mol. The fourth-order valence-corrected chi connectivity index (χ4v) is 3.50. The number of hydrogen-bond donors (Lipinski definition) is 0. The van der Waals surface area contributed by atoms with Gasteiger partial charge < -0.3 is 9.80 Å². The third kappa shape index (κ3) is 4.14. The lowest BCUT2D eigenvalue weighted by molar-refractivity contribution is -0.384. The fraction of sp³-hybridized carbons (Fsp3) is 0.238. The Bertz CT molecular complexity index is 1050. The molecule has 1 saturated heterocycles. The van der Waals surface area contributed by atoms with Crippen LogP contribution in [0.4, 0.5) is 15.8 Å². The summed E-state index contributed by atoms with van der Waals surface area (Å²) in [7, 11) is 0. The summed E-state index contributed by atoms with van der Waals surface area (Å²) >= 11 is 0. The highest BCUT2D eigenvalue weighted by Crippen LogP contribution is 2.19. The van der Waals surface area contributed by atoms with Crippen LogP contribution in [0.15, 0.2) is 60.8 Å². The minimum absolute atomic E-state index is 0.00233. The second-order valence-electron chi connectivity index (χ2n) is 7.03. The van der Waals surface area contributed by atoms with Crippen LogP contribution >= 0.6 is 0 Å². The van der Waals surface area contributed by atoms with E-state index in [1.807, 2.05) is 0 Å². The zero-order chi connectivity index (χ0) is 21.1. The first-order chi connectivity index (χ1) is 14.5. The summed E-state index contributed by atoms with van der Waals surface area (Å²) in [5, 5.41) is 15.1. The van der Waals surface area contributed by atoms with Crippen LogP contribution in [-0.4, -0.2) is 51.7 Å². The predicted octanol–water partition coefficient (Wildman–Crippen LogP) is 3.27. The quantitative estimate of drug-likeness (QED) is 0.488. The number of anilines is 1. The van der Waals surface area contributed by atoms with Crippen molar-refractivity contribution < 1.29 is 14.1 Å². The van der Waals surface area contributed by atoms with Crippen molar-refractivity contribution in [1.82, 2.24) is 14.7 Å². The molecule has 0 aliphatic carbocycles. The lowest BCUT2D eigenvalue weighted by Crippen LogP contribution is -2.35. The van der Waals surface area contributed by atoms with Crippen LogP contribution in [-0.2, 0) is 0 Å². The number of carbonyl (C=O) groups is 1. The number of rotatable bonds is 4. The molecule has 1 aliphatic heterocycles. The molecule has 0 spiro atoms. The number of hydrogen-bond acceptors (Lipinski definition) is 5. The van der Waals surface area contributed by atoms with E-state index in [1.165, 1.54) is 28.9 Å². The molecule has 0 radical (unpaired) electrons. The lowest BCUT2D eigenvalue weighted by atomic mass is 10.2. The van der Waals surface area contributed by atoms with Gasteiger partial charge in [-0.15, -0.1) is 0 Å². The molecule has 1 aliphatic rings. The summed E-state index contributed by atoms with van der Waals surface area (Å²) in [6.07, 6.45) is 2.46. The highest BCUT2D eigenvalue weighted by atomic mass is 19.1. The monoisotopic (exact) mass is 409 g/mol. The number of nitrogens with zero attached hydrogens (tertiary/aromatic N) is 5. The molecule has 0 atom stereocenters. The maximum Gasteiger partial charge on any atom is 0.274 e. The topological polar surface area (TPSA) is 84.5 Å². The Balaban J connectivity index is 1.43. The third-order valence-electron chi connectivity index (χ3n) is 5.11. The van der Waals surface area contributed by atoms with Gasteiger partial charge in [-0.1, -0.05) is 0 Å². The van der Waals surface area contributed by atoms with E-state index in [9.17, 15) is 19.3 Å². The Kier molecular flexibility index (Phi) is 5.42. The van der Waals surface area contributed by atoms with Gasteiger partial charge in [0.1, 0.15) is 5.82 Å². The van der Waals surface area contributed by atoms with Crippen LogP contribution in [0.25, 0.3) is 5.69 Å². The van der Waals surface area contributed by atoms with E-state index < -0.39 is 4.92 Å². The number of carbonyl (C=O) groups excluding carboxylic acids is 1. The molecule has 2 heterocycles. The number of nitro groups is 1. The third-order valence-corrected chi connectivity index (χ3v) is 5.11. The largest absolute Gasteiger partial charge is 0.370 e. The first kappa shape index (κ1) is 19.6. The first-order valence-electron chi connectivity index (χ1n) is 9.61. The predicted molar refractivity (Wildman–Crippen MR) is 109 cm³/mol. The van der Waals surface area contributed by atoms with Crippen molar-refractivity contribution in [2.24, 2.45) is 0 Å². The summed E-state index contributed by atoms with van der Waals surface area (Å²) in [5.41, 5.74) is 1.90. The molecule has 0 unspecified atom stereocenters. The number of halogens is 1. The van der Waals surface area contributed by atoms with E-state index in [4.69, 9.17) is 0 Å². The molecular formula is C21H20FN5O3. The molecule has 4 rings (SSSR count). The number of non-ortho nitro benzene ring substituents is 1. The average Bonchev–Trinajstić information content (AvgIpc) is 3.12. The van der Waals surface area contributed by atoms with Crippen LogP contribution < -0.4 is 4.90 Å². The molecular weight excluding hydrogens is 389 g/mol. The summed E-state index contributed by atoms with van der Waals surface area (Å²) in [6, 6.07) is 14.0. The van der Waals surface area contributed by atoms with Gasteiger partial charge in [0.2, 0.25) is 0 Å². The van der Waals surface area contributed by atoms with Crippen LogP contribution in [0.3, 0.4) is 0 Å². The summed E-state index contributed by atoms with van der Waals surface area (Å²) < 4.78 is 14.7. The van der Waals surface area contributed by atoms with Crippen molar-refractivity contribution >= 4 is 17.3 Å². The van der Waals surface area contributed by atoms with Gasteiger partial charge in [-0.05, 0) is 48.9 Å². The highest BCUT2D eigenvalue weighted by molar-refractivity contribution is 5.92. The maximum atomic E-state index is 13.2. The molecule has 0 bridgehead atoms. The van der Waals surface area contributed by atoms with E-state index in [0.29, 0.717) is 31.0 Å². The Morgan fingerprint density at radius 3 is 2.33 bits per heavy atom. The van der Waals surface area contributed by atoms with Crippen LogP contribution in [0, 0.1) is 15.9 Å². The molecule has 0 saturated carbocycles. The van der Waals surface area contributed by atoms with Gasteiger partial charge in [-0.25, -0.2) is 9.07 Å². The molecule has 8 nitrogen and oxygen atoms in total. The van der Waals surface area contributed by atoms with Gasteiger partial charge in [0.05, 0.1) is 10.6 Å². The summed E-state index contributed by atoms with van der Waals surface area (Å²) in [6.45, 7) is 2.59. The van der Waals surface area contributed by atoms with Crippen LogP contribution in [0.2, 0.25) is 0 Å². The Hall–Kier alpha value is -3.75. The Morgan fingerprint density at radius 1 is 0.933 bits per heavy atom. The number of amides is 1. The second-order valence-corrected chi connectivity index (χ2v) is 7.03. The summed E-state index contributed by atoms with van der Waals surface area (Å²) in [4.78, 5) is 27.2. The lowest BCUT2D eigenvalue weighted by Gasteiger charge is -2.23. The molecule has 1 amide bonds. The van der Waals surface area contributed by atoms with Crippen molar-refractivity contribution in [3.05, 3.63) is 82.4 Å². The maximum absolute atomic E-state index is 13.2. The van der Waals surface area contributed by atoms with Gasteiger partial charge in [0.25, 0.3) is 11.6 Å². The number of aromatic nitrogens is 2. The Morgan fingerprint density at radius 2 is 1.63 bits per heavy atom. The molecule has 0 N–H and O–H groups in total. The molecule has 9 heteroatoms. The normalized spacial score (nSPS) is 14.4. The minimum Gasteiger partial charge on any atom is -0.370 e. The van der Waals surface area contributed by atoms with E-state index >= 15 is 0 Å². The van der Waals surface area contributed by atoms with Crippen molar-refractivity contribution in [1.29, 1.82) is 0 Å². The first-order valence-corrected chi connectivity index (χ1v) is 9.61. The molecule has 1 aromatic heterocycles. The smallest absolute Gasteiger partial charge is 0.274 e. The van der Waals surface area contributed by atoms with Crippen LogP contribution in [0.1, 0.15) is 16.9 Å². The van der Waals surface area contributed by atoms with Gasteiger partial charge in [-0.2, -0.15) is 5.10 Å². The molecule has 154 valence electrons. The van der Waals surface area contributed by atoms with Gasteiger partial charge in [0.15, 0.2) is 5.69 Å². The minimum atomic E-state index is -0.462. The second kappa shape index (κ2) is 8.32. The van der Waals surface area contributed by atoms with E-state index in [-0.39, 0.29) is 17.4 Å². The van der Waals surface area contributed by atoms with Crippen LogP contribution in [0.5, 0.6) is 0 Å². The van der Waals surface area contributed by atoms with E-state index in [1.54, 1.807) is 41.4 Å². The molecule has 1 fully saturated rings. The molecule has 2 aromatic carbocycles. The van der Waals surface area contributed by atoms with Gasteiger partial charge in [-0.3, -0.25) is 14.9 Å². The molecule has 30 heavy (non-hydrogen) atoms. The summed E-state index contributed by atoms with van der Waals surface area (Å²) in [5.74, 6) is -0.425. The SMILES string of the molecule is O=C(c1ccn(-c2ccc([N+](=O)[O-])cc2)n1)N1CCCN(c2ccc(F)cc2)CC1. The number of benzene rings is 2. The van der Waals surface area contributed by atoms with Crippen molar-refractivity contribution in [2.75, 3.05) is 31.1 Å². The zero-order valence-electron chi connectivity index (χ0n) is 16.1. The van der Waals surface area contributed by atoms with Gasteiger partial charge in [0, 0.05) is 50.2 Å². The zero-order valence-corrected chi connectivity index (χ0v) is 16.1. The van der Waals surface area contributed by atoms with Crippen molar-refractivity contribution in [3.63, 3.8) is 0 Å². The van der Waals surface area contributed by atoms with E-state index in [0.717, 1.165) is 18.7 Å². The Labute approximate surface area is 172 Å². The fourth-order valence-electron chi connectivity index (χ4n) is 3.50. The standard InChI is InChI=1S/C21H20FN5O3/c22-16-2-4-17(5-3-16)24-11-1-12-25(15-14-24)21(28)20-10-13-26(23-20)18-6-8-19(9-7-18)27(29)30/h2-10,13H,1,11-12,14-15H2. The molecule has 3 aromatic rings. The van der Waals surface area contributed by atoms with Crippen molar-refractivity contribution in [3.8, 4) is 5.69 Å².